The molecule has 154 valence electrons. The number of amides is 1. The minimum absolute atomic E-state index is 0. The van der Waals surface area contributed by atoms with Crippen molar-refractivity contribution in [2.24, 2.45) is 4.99 Å². The first-order valence-corrected chi connectivity index (χ1v) is 10.1. The van der Waals surface area contributed by atoms with Crippen LogP contribution in [0.1, 0.15) is 12.7 Å². The lowest BCUT2D eigenvalue weighted by Crippen LogP contribution is -2.53. The maximum absolute atomic E-state index is 11.5. The summed E-state index contributed by atoms with van der Waals surface area (Å²) in [5, 5.41) is 4.24. The van der Waals surface area contributed by atoms with Gasteiger partial charge in [0.05, 0.1) is 16.8 Å². The van der Waals surface area contributed by atoms with Gasteiger partial charge in [-0.1, -0.05) is 12.1 Å². The van der Waals surface area contributed by atoms with Crippen LogP contribution in [0.25, 0.3) is 21.0 Å². The van der Waals surface area contributed by atoms with E-state index in [4.69, 9.17) is 4.42 Å². The third-order valence-electron chi connectivity index (χ3n) is 4.82. The number of hydrogen-bond acceptors (Lipinski definition) is 5. The maximum Gasteiger partial charge on any atom is 0.219 e. The lowest BCUT2D eigenvalue weighted by atomic mass is 10.3. The van der Waals surface area contributed by atoms with Crippen LogP contribution >= 0.6 is 35.3 Å². The molecule has 1 N–H and O–H groups in total. The van der Waals surface area contributed by atoms with Crippen molar-refractivity contribution in [2.75, 3.05) is 33.2 Å². The molecule has 3 aromatic rings. The summed E-state index contributed by atoms with van der Waals surface area (Å²) in [6.45, 7) is 5.15. The molecule has 1 aromatic carbocycles. The zero-order valence-electron chi connectivity index (χ0n) is 16.4. The molecule has 9 heteroatoms. The lowest BCUT2D eigenvalue weighted by molar-refractivity contribution is -0.130. The maximum atomic E-state index is 11.5. The van der Waals surface area contributed by atoms with E-state index in [1.54, 1.807) is 25.3 Å². The van der Waals surface area contributed by atoms with Crippen LogP contribution in [-0.4, -0.2) is 59.9 Å². The van der Waals surface area contributed by atoms with Gasteiger partial charge in [-0.15, -0.1) is 35.3 Å². The predicted molar refractivity (Wildman–Crippen MR) is 127 cm³/mol. The van der Waals surface area contributed by atoms with E-state index in [-0.39, 0.29) is 29.9 Å². The van der Waals surface area contributed by atoms with Crippen LogP contribution in [0.15, 0.2) is 45.8 Å². The summed E-state index contributed by atoms with van der Waals surface area (Å²) in [5.74, 6) is 2.56. The monoisotopic (exact) mass is 525 g/mol. The van der Waals surface area contributed by atoms with Crippen molar-refractivity contribution in [1.29, 1.82) is 0 Å². The number of benzene rings is 1. The summed E-state index contributed by atoms with van der Waals surface area (Å²) in [6, 6.07) is 12.0. The molecule has 0 saturated carbocycles. The molecule has 29 heavy (non-hydrogen) atoms. The summed E-state index contributed by atoms with van der Waals surface area (Å²) < 4.78 is 7.14. The van der Waals surface area contributed by atoms with Crippen molar-refractivity contribution in [3.05, 3.63) is 42.2 Å². The van der Waals surface area contributed by atoms with Gasteiger partial charge in [0, 0.05) is 40.2 Å². The Morgan fingerprint density at radius 1 is 1.17 bits per heavy atom. The largest absolute Gasteiger partial charge is 0.457 e. The molecule has 7 nitrogen and oxygen atoms in total. The highest BCUT2D eigenvalue weighted by Crippen LogP contribution is 2.31. The molecular weight excluding hydrogens is 501 g/mol. The van der Waals surface area contributed by atoms with E-state index in [0.717, 1.165) is 58.9 Å². The van der Waals surface area contributed by atoms with Gasteiger partial charge in [-0.25, -0.2) is 4.98 Å². The molecule has 4 rings (SSSR count). The molecular formula is C20H24IN5O2S. The molecule has 2 aromatic heterocycles. The topological polar surface area (TPSA) is 74.0 Å². The molecule has 1 aliphatic rings. The Kier molecular flexibility index (Phi) is 7.12. The van der Waals surface area contributed by atoms with Crippen LogP contribution in [0.4, 0.5) is 0 Å². The summed E-state index contributed by atoms with van der Waals surface area (Å²) in [4.78, 5) is 24.5. The molecule has 1 saturated heterocycles. The highest BCUT2D eigenvalue weighted by Gasteiger charge is 2.21. The van der Waals surface area contributed by atoms with Crippen molar-refractivity contribution in [1.82, 2.24) is 20.1 Å². The van der Waals surface area contributed by atoms with E-state index in [1.807, 2.05) is 35.2 Å². The smallest absolute Gasteiger partial charge is 0.219 e. The van der Waals surface area contributed by atoms with E-state index in [1.165, 1.54) is 0 Å². The number of halogens is 1. The number of carbonyl (C=O) groups excluding carboxylic acids is 1. The number of hydrogen-bond donors (Lipinski definition) is 1. The molecule has 0 aliphatic carbocycles. The average Bonchev–Trinajstić information content (AvgIpc) is 3.35. The number of para-hydroxylation sites is 1. The summed E-state index contributed by atoms with van der Waals surface area (Å²) in [5.41, 5.74) is 0.990. The zero-order valence-corrected chi connectivity index (χ0v) is 19.6. The second-order valence-electron chi connectivity index (χ2n) is 6.65. The Hall–Kier alpha value is -2.14. The van der Waals surface area contributed by atoms with Crippen LogP contribution in [-0.2, 0) is 11.3 Å². The van der Waals surface area contributed by atoms with Crippen LogP contribution in [0.2, 0.25) is 0 Å². The number of aromatic nitrogens is 1. The predicted octanol–water partition coefficient (Wildman–Crippen LogP) is 3.41. The number of furan rings is 1. The van der Waals surface area contributed by atoms with Crippen LogP contribution in [0.5, 0.6) is 0 Å². The Morgan fingerprint density at radius 2 is 1.90 bits per heavy atom. The zero-order chi connectivity index (χ0) is 19.5. The number of thiazole rings is 1. The standard InChI is InChI=1S/C20H23N5O2S.HI/c1-14(26)24-9-11-25(12-10-24)20(21-2)22-13-15-7-8-17(27-15)19-23-16-5-3-4-6-18(16)28-19;/h3-8H,9-13H2,1-2H3,(H,21,22);1H. The van der Waals surface area contributed by atoms with Gasteiger partial charge in [0.25, 0.3) is 0 Å². The fourth-order valence-electron chi connectivity index (χ4n) is 3.30. The van der Waals surface area contributed by atoms with Crippen molar-refractivity contribution >= 4 is 57.4 Å². The summed E-state index contributed by atoms with van der Waals surface area (Å²) in [7, 11) is 1.77. The third-order valence-corrected chi connectivity index (χ3v) is 5.87. The van der Waals surface area contributed by atoms with Gasteiger partial charge < -0.3 is 19.5 Å². The Bertz CT molecular complexity index is 974. The van der Waals surface area contributed by atoms with Crippen molar-refractivity contribution < 1.29 is 9.21 Å². The van der Waals surface area contributed by atoms with Gasteiger partial charge in [0.15, 0.2) is 16.7 Å². The third kappa shape index (κ3) is 4.89. The number of piperazine rings is 1. The van der Waals surface area contributed by atoms with Crippen LogP contribution < -0.4 is 5.32 Å². The highest BCUT2D eigenvalue weighted by molar-refractivity contribution is 14.0. The van der Waals surface area contributed by atoms with Gasteiger partial charge >= 0.3 is 0 Å². The van der Waals surface area contributed by atoms with E-state index < -0.39 is 0 Å². The second-order valence-corrected chi connectivity index (χ2v) is 7.68. The van der Waals surface area contributed by atoms with Gasteiger partial charge in [-0.05, 0) is 24.3 Å². The first-order chi connectivity index (χ1) is 13.6. The fraction of sp³-hybridized carbons (Fsp3) is 0.350. The first-order valence-electron chi connectivity index (χ1n) is 9.30. The molecule has 0 radical (unpaired) electrons. The first kappa shape index (κ1) is 21.6. The van der Waals surface area contributed by atoms with Crippen molar-refractivity contribution in [3.8, 4) is 10.8 Å². The Balaban J connectivity index is 0.00000240. The summed E-state index contributed by atoms with van der Waals surface area (Å²) in [6.07, 6.45) is 0. The number of nitrogens with zero attached hydrogens (tertiary/aromatic N) is 4. The summed E-state index contributed by atoms with van der Waals surface area (Å²) >= 11 is 1.63. The minimum Gasteiger partial charge on any atom is -0.457 e. The van der Waals surface area contributed by atoms with E-state index in [0.29, 0.717) is 6.54 Å². The van der Waals surface area contributed by atoms with Gasteiger partial charge in [0.1, 0.15) is 5.76 Å². The lowest BCUT2D eigenvalue weighted by Gasteiger charge is -2.36. The highest BCUT2D eigenvalue weighted by atomic mass is 127. The van der Waals surface area contributed by atoms with Crippen LogP contribution in [0, 0.1) is 0 Å². The normalized spacial score (nSPS) is 14.8. The van der Waals surface area contributed by atoms with Gasteiger partial charge in [0.2, 0.25) is 5.91 Å². The van der Waals surface area contributed by atoms with Gasteiger partial charge in [-0.3, -0.25) is 9.79 Å². The van der Waals surface area contributed by atoms with E-state index in [9.17, 15) is 4.79 Å². The van der Waals surface area contributed by atoms with Crippen molar-refractivity contribution in [3.63, 3.8) is 0 Å². The molecule has 0 spiro atoms. The van der Waals surface area contributed by atoms with E-state index in [2.05, 4.69) is 26.3 Å². The van der Waals surface area contributed by atoms with Crippen LogP contribution in [0.3, 0.4) is 0 Å². The Morgan fingerprint density at radius 3 is 2.59 bits per heavy atom. The van der Waals surface area contributed by atoms with E-state index >= 15 is 0 Å². The molecule has 3 heterocycles. The Labute approximate surface area is 190 Å². The molecule has 0 unspecified atom stereocenters. The molecule has 1 aliphatic heterocycles. The number of carbonyl (C=O) groups is 1. The molecule has 0 bridgehead atoms. The second kappa shape index (κ2) is 9.57. The average molecular weight is 525 g/mol. The quantitative estimate of drug-likeness (QED) is 0.323. The number of aliphatic imine (C=N–C) groups is 1. The molecule has 1 fully saturated rings. The number of rotatable bonds is 3. The minimum atomic E-state index is 0. The van der Waals surface area contributed by atoms with Gasteiger partial charge in [-0.2, -0.15) is 0 Å². The molecule has 0 atom stereocenters. The van der Waals surface area contributed by atoms with Crippen molar-refractivity contribution in [2.45, 2.75) is 13.5 Å². The fourth-order valence-corrected chi connectivity index (χ4v) is 4.22. The number of fused-ring (bicyclic) bond motifs is 1. The number of guanidine groups is 1. The molecule has 1 amide bonds. The number of nitrogens with one attached hydrogen (secondary N) is 1. The SMILES string of the molecule is CN=C(NCc1ccc(-c2nc3ccccc3s2)o1)N1CCN(C(C)=O)CC1.I.